The summed E-state index contributed by atoms with van der Waals surface area (Å²) >= 11 is 0. The topological polar surface area (TPSA) is 83.4 Å². The van der Waals surface area contributed by atoms with Gasteiger partial charge in [0.15, 0.2) is 5.65 Å². The lowest BCUT2D eigenvalue weighted by Crippen LogP contribution is -2.46. The maximum atomic E-state index is 12.3. The Morgan fingerprint density at radius 1 is 1.14 bits per heavy atom. The number of aryl methyl sites for hydroxylation is 2. The highest BCUT2D eigenvalue weighted by molar-refractivity contribution is 7.89. The van der Waals surface area contributed by atoms with E-state index in [-0.39, 0.29) is 0 Å². The molecule has 1 aliphatic rings. The van der Waals surface area contributed by atoms with Crippen molar-refractivity contribution in [3.63, 3.8) is 0 Å². The van der Waals surface area contributed by atoms with Crippen molar-refractivity contribution in [2.24, 2.45) is 7.05 Å². The van der Waals surface area contributed by atoms with E-state index in [0.717, 1.165) is 55.1 Å². The van der Waals surface area contributed by atoms with Crippen LogP contribution in [0.5, 0.6) is 0 Å². The molecule has 0 saturated carbocycles. The van der Waals surface area contributed by atoms with Gasteiger partial charge in [0.25, 0.3) is 0 Å². The number of benzene rings is 1. The van der Waals surface area contributed by atoms with Crippen LogP contribution in [0.25, 0.3) is 11.0 Å². The van der Waals surface area contributed by atoms with E-state index < -0.39 is 10.0 Å². The van der Waals surface area contributed by atoms with Gasteiger partial charge in [0.05, 0.1) is 11.4 Å². The predicted octanol–water partition coefficient (Wildman–Crippen LogP) is 1.51. The van der Waals surface area contributed by atoms with Crippen molar-refractivity contribution in [3.05, 3.63) is 47.8 Å². The Labute approximate surface area is 171 Å². The number of nitrogens with one attached hydrogen (secondary N) is 1. The van der Waals surface area contributed by atoms with Crippen molar-refractivity contribution in [2.45, 2.75) is 18.4 Å². The number of piperazine rings is 1. The number of sulfonamides is 1. The van der Waals surface area contributed by atoms with Crippen LogP contribution in [-0.2, 0) is 23.6 Å². The highest BCUT2D eigenvalue weighted by atomic mass is 32.2. The van der Waals surface area contributed by atoms with Crippen molar-refractivity contribution < 1.29 is 8.42 Å². The number of fused-ring (bicyclic) bond motifs is 1. The Bertz CT molecular complexity index is 1130. The van der Waals surface area contributed by atoms with Gasteiger partial charge >= 0.3 is 0 Å². The van der Waals surface area contributed by atoms with Crippen molar-refractivity contribution in [1.29, 1.82) is 0 Å². The van der Waals surface area contributed by atoms with Crippen LogP contribution >= 0.6 is 0 Å². The van der Waals surface area contributed by atoms with E-state index >= 15 is 0 Å². The molecule has 0 atom stereocenters. The van der Waals surface area contributed by atoms with Crippen LogP contribution in [0.15, 0.2) is 41.4 Å². The van der Waals surface area contributed by atoms with Crippen LogP contribution in [-0.4, -0.2) is 61.3 Å². The van der Waals surface area contributed by atoms with Crippen LogP contribution in [0.4, 0.5) is 5.69 Å². The van der Waals surface area contributed by atoms with Crippen molar-refractivity contribution in [1.82, 2.24) is 24.4 Å². The third-order valence-corrected chi connectivity index (χ3v) is 6.92. The van der Waals surface area contributed by atoms with Gasteiger partial charge in [0.2, 0.25) is 10.0 Å². The number of nitrogens with zero attached hydrogens (tertiary/aromatic N) is 5. The molecule has 1 saturated heterocycles. The molecule has 0 bridgehead atoms. The molecular formula is C20H26N6O2S. The Balaban J connectivity index is 1.46. The van der Waals surface area contributed by atoms with Gasteiger partial charge in [-0.2, -0.15) is 5.10 Å². The van der Waals surface area contributed by atoms with Crippen LogP contribution in [0.3, 0.4) is 0 Å². The molecule has 1 aromatic carbocycles. The molecule has 0 unspecified atom stereocenters. The summed E-state index contributed by atoms with van der Waals surface area (Å²) in [6.07, 6.45) is 1.92. The monoisotopic (exact) mass is 414 g/mol. The second-order valence-electron chi connectivity index (χ2n) is 7.36. The van der Waals surface area contributed by atoms with Gasteiger partial charge in [-0.1, -0.05) is 12.1 Å². The Morgan fingerprint density at radius 3 is 2.59 bits per heavy atom. The first-order valence-corrected chi connectivity index (χ1v) is 11.2. The lowest BCUT2D eigenvalue weighted by Gasteiger charge is -2.36. The lowest BCUT2D eigenvalue weighted by atomic mass is 10.2. The fourth-order valence-corrected chi connectivity index (χ4v) is 4.85. The molecule has 0 radical (unpaired) electrons. The Kier molecular flexibility index (Phi) is 5.28. The van der Waals surface area contributed by atoms with E-state index in [2.05, 4.69) is 30.7 Å². The summed E-state index contributed by atoms with van der Waals surface area (Å²) in [7, 11) is -0.131. The number of aromatic nitrogens is 3. The summed E-state index contributed by atoms with van der Waals surface area (Å²) in [4.78, 5) is 9.42. The zero-order valence-corrected chi connectivity index (χ0v) is 17.8. The smallest absolute Gasteiger partial charge is 0.242 e. The number of para-hydroxylation sites is 1. The average molecular weight is 415 g/mol. The van der Waals surface area contributed by atoms with Crippen molar-refractivity contribution in [2.75, 3.05) is 38.1 Å². The third-order valence-electron chi connectivity index (χ3n) is 5.46. The molecule has 8 nitrogen and oxygen atoms in total. The van der Waals surface area contributed by atoms with Gasteiger partial charge in [-0.15, -0.1) is 0 Å². The van der Waals surface area contributed by atoms with Gasteiger partial charge in [-0.3, -0.25) is 9.58 Å². The summed E-state index contributed by atoms with van der Waals surface area (Å²) in [5, 5.41) is 5.53. The first-order valence-electron chi connectivity index (χ1n) is 9.67. The standard InChI is InChI=1S/C20H26N6O2S/c1-15-17-12-16(13-22-20(17)24(3)23-15)14-25-8-10-26(11-9-25)18-6-4-5-7-19(18)29(27,28)21-2/h4-7,12-13,21H,8-11,14H2,1-3H3. The Morgan fingerprint density at radius 2 is 1.86 bits per heavy atom. The molecule has 4 rings (SSSR count). The van der Waals surface area contributed by atoms with Crippen LogP contribution in [0, 0.1) is 6.92 Å². The third kappa shape index (κ3) is 3.85. The summed E-state index contributed by atoms with van der Waals surface area (Å²) < 4.78 is 28.9. The quantitative estimate of drug-likeness (QED) is 0.681. The second kappa shape index (κ2) is 7.74. The highest BCUT2D eigenvalue weighted by Gasteiger charge is 2.24. The summed E-state index contributed by atoms with van der Waals surface area (Å²) in [5.74, 6) is 0. The maximum absolute atomic E-state index is 12.3. The van der Waals surface area contributed by atoms with Crippen LogP contribution in [0.2, 0.25) is 0 Å². The maximum Gasteiger partial charge on any atom is 0.242 e. The minimum absolute atomic E-state index is 0.331. The van der Waals surface area contributed by atoms with E-state index in [1.165, 1.54) is 12.6 Å². The fourth-order valence-electron chi connectivity index (χ4n) is 3.90. The van der Waals surface area contributed by atoms with Gasteiger partial charge in [0.1, 0.15) is 4.90 Å². The molecule has 3 heterocycles. The summed E-state index contributed by atoms with van der Waals surface area (Å²) in [6.45, 7) is 6.09. The fraction of sp³-hybridized carbons (Fsp3) is 0.400. The number of hydrogen-bond donors (Lipinski definition) is 1. The summed E-state index contributed by atoms with van der Waals surface area (Å²) in [6, 6.07) is 9.35. The van der Waals surface area contributed by atoms with E-state index in [0.29, 0.717) is 4.90 Å². The molecular weight excluding hydrogens is 388 g/mol. The summed E-state index contributed by atoms with van der Waals surface area (Å²) in [5.41, 5.74) is 3.82. The van der Waals surface area contributed by atoms with Gasteiger partial charge in [0, 0.05) is 51.4 Å². The molecule has 1 aliphatic heterocycles. The first-order chi connectivity index (χ1) is 13.9. The van der Waals surface area contributed by atoms with Crippen molar-refractivity contribution >= 4 is 26.7 Å². The zero-order valence-electron chi connectivity index (χ0n) is 17.0. The molecule has 1 fully saturated rings. The van der Waals surface area contributed by atoms with E-state index in [1.807, 2.05) is 37.0 Å². The molecule has 0 aliphatic carbocycles. The molecule has 1 N–H and O–H groups in total. The highest BCUT2D eigenvalue weighted by Crippen LogP contribution is 2.26. The second-order valence-corrected chi connectivity index (χ2v) is 9.22. The molecule has 0 spiro atoms. The number of anilines is 1. The number of pyridine rings is 1. The van der Waals surface area contributed by atoms with E-state index in [4.69, 9.17) is 0 Å². The Hall–Kier alpha value is -2.49. The van der Waals surface area contributed by atoms with Crippen LogP contribution < -0.4 is 9.62 Å². The molecule has 9 heteroatoms. The molecule has 154 valence electrons. The molecule has 3 aromatic rings. The molecule has 2 aromatic heterocycles. The normalized spacial score (nSPS) is 15.9. The van der Waals surface area contributed by atoms with E-state index in [1.54, 1.807) is 12.1 Å². The molecule has 29 heavy (non-hydrogen) atoms. The average Bonchev–Trinajstić information content (AvgIpc) is 3.02. The van der Waals surface area contributed by atoms with Gasteiger partial charge < -0.3 is 4.90 Å². The SMILES string of the molecule is CNS(=O)(=O)c1ccccc1N1CCN(Cc2cnc3c(c2)c(C)nn3C)CC1. The first kappa shape index (κ1) is 19.8. The lowest BCUT2D eigenvalue weighted by molar-refractivity contribution is 0.249. The molecule has 0 amide bonds. The minimum atomic E-state index is -3.48. The minimum Gasteiger partial charge on any atom is -0.368 e. The predicted molar refractivity (Wildman–Crippen MR) is 113 cm³/mol. The largest absolute Gasteiger partial charge is 0.368 e. The number of rotatable bonds is 5. The zero-order chi connectivity index (χ0) is 20.6. The number of hydrogen-bond acceptors (Lipinski definition) is 6. The van der Waals surface area contributed by atoms with Crippen LogP contribution in [0.1, 0.15) is 11.3 Å². The van der Waals surface area contributed by atoms with Gasteiger partial charge in [-0.25, -0.2) is 18.1 Å². The van der Waals surface area contributed by atoms with Gasteiger partial charge in [-0.05, 0) is 37.7 Å². The van der Waals surface area contributed by atoms with Crippen molar-refractivity contribution in [3.8, 4) is 0 Å². The van der Waals surface area contributed by atoms with E-state index in [9.17, 15) is 8.42 Å².